The number of aromatic nitrogens is 1. The molecular formula is C12H13ClN2O3S2. The Morgan fingerprint density at radius 2 is 2.10 bits per heavy atom. The molecule has 0 saturated carbocycles. The minimum Gasteiger partial charge on any atom is -0.496 e. The number of hydrogen-bond donors (Lipinski definition) is 1. The molecule has 1 aromatic carbocycles. The number of ether oxygens (including phenoxy) is 1. The maximum Gasteiger partial charge on any atom is 0.252 e. The summed E-state index contributed by atoms with van der Waals surface area (Å²) in [5.41, 5.74) is 0.759. The zero-order valence-corrected chi connectivity index (χ0v) is 13.2. The maximum atomic E-state index is 12.2. The topological polar surface area (TPSA) is 68.3 Å². The van der Waals surface area contributed by atoms with E-state index < -0.39 is 16.1 Å². The Balaban J connectivity index is 2.25. The molecule has 0 aliphatic rings. The summed E-state index contributed by atoms with van der Waals surface area (Å²) >= 11 is 6.58. The predicted molar refractivity (Wildman–Crippen MR) is 78.9 cm³/mol. The van der Waals surface area contributed by atoms with Crippen LogP contribution in [0.15, 0.2) is 34.7 Å². The van der Waals surface area contributed by atoms with Crippen molar-refractivity contribution in [1.82, 2.24) is 9.71 Å². The number of methoxy groups -OCH3 is 1. The molecule has 1 N–H and O–H groups in total. The lowest BCUT2D eigenvalue weighted by atomic mass is 10.1. The number of benzene rings is 1. The van der Waals surface area contributed by atoms with Crippen LogP contribution in [-0.2, 0) is 10.0 Å². The van der Waals surface area contributed by atoms with E-state index in [9.17, 15) is 8.42 Å². The van der Waals surface area contributed by atoms with Gasteiger partial charge >= 0.3 is 0 Å². The molecule has 2 rings (SSSR count). The van der Waals surface area contributed by atoms with Crippen molar-refractivity contribution in [1.29, 1.82) is 0 Å². The Morgan fingerprint density at radius 3 is 2.70 bits per heavy atom. The van der Waals surface area contributed by atoms with Gasteiger partial charge in [0.1, 0.15) is 5.75 Å². The summed E-state index contributed by atoms with van der Waals surface area (Å²) in [6.07, 6.45) is 1.24. The van der Waals surface area contributed by atoms with Crippen molar-refractivity contribution in [3.05, 3.63) is 40.5 Å². The molecule has 1 atom stereocenters. The molecular weight excluding hydrogens is 320 g/mol. The lowest BCUT2D eigenvalue weighted by Crippen LogP contribution is -2.26. The first-order chi connectivity index (χ1) is 9.44. The summed E-state index contributed by atoms with van der Waals surface area (Å²) in [6, 6.07) is 6.81. The van der Waals surface area contributed by atoms with Gasteiger partial charge in [-0.1, -0.05) is 41.1 Å². The van der Waals surface area contributed by atoms with Crippen LogP contribution in [0.25, 0.3) is 0 Å². The molecule has 8 heteroatoms. The van der Waals surface area contributed by atoms with Gasteiger partial charge in [-0.3, -0.25) is 0 Å². The van der Waals surface area contributed by atoms with E-state index in [-0.39, 0.29) is 8.68 Å². The Kier molecular flexibility index (Phi) is 4.64. The molecule has 0 bridgehead atoms. The number of thiazole rings is 1. The largest absolute Gasteiger partial charge is 0.496 e. The molecule has 20 heavy (non-hydrogen) atoms. The van der Waals surface area contributed by atoms with Gasteiger partial charge in [0.2, 0.25) is 0 Å². The normalized spacial score (nSPS) is 13.2. The van der Waals surface area contributed by atoms with Gasteiger partial charge < -0.3 is 4.74 Å². The highest BCUT2D eigenvalue weighted by Crippen LogP contribution is 2.28. The molecule has 5 nitrogen and oxygen atoms in total. The Bertz CT molecular complexity index is 700. The van der Waals surface area contributed by atoms with Crippen LogP contribution in [0.4, 0.5) is 0 Å². The van der Waals surface area contributed by atoms with Crippen LogP contribution in [0.2, 0.25) is 4.47 Å². The predicted octanol–water partition coefficient (Wildman–Crippen LogP) is 2.84. The van der Waals surface area contributed by atoms with Crippen molar-refractivity contribution in [2.45, 2.75) is 17.2 Å². The zero-order chi connectivity index (χ0) is 14.8. The molecule has 1 aromatic heterocycles. The van der Waals surface area contributed by atoms with E-state index in [0.29, 0.717) is 5.75 Å². The number of rotatable bonds is 5. The maximum absolute atomic E-state index is 12.2. The van der Waals surface area contributed by atoms with Crippen LogP contribution >= 0.6 is 22.9 Å². The highest BCUT2D eigenvalue weighted by Gasteiger charge is 2.22. The summed E-state index contributed by atoms with van der Waals surface area (Å²) < 4.78 is 32.5. The van der Waals surface area contributed by atoms with E-state index >= 15 is 0 Å². The Labute approximate surface area is 126 Å². The lowest BCUT2D eigenvalue weighted by Gasteiger charge is -2.16. The van der Waals surface area contributed by atoms with E-state index in [0.717, 1.165) is 16.9 Å². The van der Waals surface area contributed by atoms with Gasteiger partial charge in [0.15, 0.2) is 8.68 Å². The average Bonchev–Trinajstić information content (AvgIpc) is 2.85. The van der Waals surface area contributed by atoms with E-state index in [1.165, 1.54) is 6.20 Å². The van der Waals surface area contributed by atoms with Crippen LogP contribution < -0.4 is 9.46 Å². The molecule has 0 saturated heterocycles. The number of nitrogens with one attached hydrogen (secondary N) is 1. The minimum atomic E-state index is -3.65. The SMILES string of the molecule is COc1ccccc1C(C)NS(=O)(=O)c1cnc(Cl)s1. The molecule has 0 amide bonds. The van der Waals surface area contributed by atoms with Gasteiger partial charge in [0.25, 0.3) is 10.0 Å². The van der Waals surface area contributed by atoms with Crippen LogP contribution in [0.5, 0.6) is 5.75 Å². The molecule has 1 unspecified atom stereocenters. The van der Waals surface area contributed by atoms with Gasteiger partial charge in [-0.05, 0) is 13.0 Å². The third-order valence-corrected chi connectivity index (χ3v) is 5.78. The smallest absolute Gasteiger partial charge is 0.252 e. The summed E-state index contributed by atoms with van der Waals surface area (Å²) in [5, 5.41) is 0. The zero-order valence-electron chi connectivity index (χ0n) is 10.8. The molecule has 0 spiro atoms. The number of halogens is 1. The standard InChI is InChI=1S/C12H13ClN2O3S2/c1-8(9-5-3-4-6-10(9)18-2)15-20(16,17)11-7-14-12(13)19-11/h3-8,15H,1-2H3. The van der Waals surface area contributed by atoms with Crippen LogP contribution in [0.1, 0.15) is 18.5 Å². The monoisotopic (exact) mass is 332 g/mol. The Morgan fingerprint density at radius 1 is 1.40 bits per heavy atom. The second kappa shape index (κ2) is 6.09. The number of hydrogen-bond acceptors (Lipinski definition) is 5. The van der Waals surface area contributed by atoms with Gasteiger partial charge in [-0.25, -0.2) is 18.1 Å². The third kappa shape index (κ3) is 3.29. The summed E-state index contributed by atoms with van der Waals surface area (Å²) in [5.74, 6) is 0.630. The number of para-hydroxylation sites is 1. The van der Waals surface area contributed by atoms with Crippen molar-refractivity contribution in [2.75, 3.05) is 7.11 Å². The fourth-order valence-corrected chi connectivity index (χ4v) is 4.27. The quantitative estimate of drug-likeness (QED) is 0.914. The summed E-state index contributed by atoms with van der Waals surface area (Å²) in [6.45, 7) is 1.75. The van der Waals surface area contributed by atoms with Crippen molar-refractivity contribution in [3.8, 4) is 5.75 Å². The van der Waals surface area contributed by atoms with Gasteiger partial charge in [-0.15, -0.1) is 0 Å². The Hall–Kier alpha value is -1.15. The summed E-state index contributed by atoms with van der Waals surface area (Å²) in [7, 11) is -2.10. The average molecular weight is 333 g/mol. The van der Waals surface area contributed by atoms with E-state index in [1.807, 2.05) is 18.2 Å². The van der Waals surface area contributed by atoms with E-state index in [4.69, 9.17) is 16.3 Å². The second-order valence-electron chi connectivity index (χ2n) is 4.02. The third-order valence-electron chi connectivity index (χ3n) is 2.66. The molecule has 2 aromatic rings. The molecule has 1 heterocycles. The molecule has 0 radical (unpaired) electrons. The van der Waals surface area contributed by atoms with Crippen LogP contribution in [0, 0.1) is 0 Å². The van der Waals surface area contributed by atoms with Crippen LogP contribution in [0.3, 0.4) is 0 Å². The molecule has 0 fully saturated rings. The number of nitrogens with zero attached hydrogens (tertiary/aromatic N) is 1. The van der Waals surface area contributed by atoms with Crippen molar-refractivity contribution < 1.29 is 13.2 Å². The van der Waals surface area contributed by atoms with Gasteiger partial charge in [0, 0.05) is 11.6 Å². The van der Waals surface area contributed by atoms with Gasteiger partial charge in [-0.2, -0.15) is 0 Å². The highest BCUT2D eigenvalue weighted by molar-refractivity contribution is 7.91. The van der Waals surface area contributed by atoms with Gasteiger partial charge in [0.05, 0.1) is 13.3 Å². The first-order valence-electron chi connectivity index (χ1n) is 5.70. The second-order valence-corrected chi connectivity index (χ2v) is 7.57. The lowest BCUT2D eigenvalue weighted by molar-refractivity contribution is 0.405. The molecule has 0 aliphatic heterocycles. The summed E-state index contributed by atoms with van der Waals surface area (Å²) in [4.78, 5) is 3.74. The van der Waals surface area contributed by atoms with Crippen molar-refractivity contribution in [2.24, 2.45) is 0 Å². The molecule has 108 valence electrons. The van der Waals surface area contributed by atoms with E-state index in [2.05, 4.69) is 9.71 Å². The van der Waals surface area contributed by atoms with Crippen LogP contribution in [-0.4, -0.2) is 20.5 Å². The van der Waals surface area contributed by atoms with Crippen molar-refractivity contribution >= 4 is 33.0 Å². The highest BCUT2D eigenvalue weighted by atomic mass is 35.5. The minimum absolute atomic E-state index is 0.0873. The fraction of sp³-hybridized carbons (Fsp3) is 0.250. The first-order valence-corrected chi connectivity index (χ1v) is 8.38. The first kappa shape index (κ1) is 15.2. The molecule has 0 aliphatic carbocycles. The number of sulfonamides is 1. The fourth-order valence-electron chi connectivity index (χ4n) is 1.74. The van der Waals surface area contributed by atoms with Crippen molar-refractivity contribution in [3.63, 3.8) is 0 Å². The van der Waals surface area contributed by atoms with E-state index in [1.54, 1.807) is 20.1 Å².